The summed E-state index contributed by atoms with van der Waals surface area (Å²) in [5, 5.41) is 5.21. The van der Waals surface area contributed by atoms with Crippen LogP contribution in [0.15, 0.2) is 15.7 Å². The van der Waals surface area contributed by atoms with Crippen LogP contribution in [0, 0.1) is 0 Å². The molecule has 2 rings (SSSR count). The SMILES string of the molecule is CCCNCc1csc(S(=O)(=O)NCC2(SC)CCC2)c1. The van der Waals surface area contributed by atoms with Crippen molar-refractivity contribution >= 4 is 33.1 Å². The van der Waals surface area contributed by atoms with Crippen molar-refractivity contribution in [1.29, 1.82) is 0 Å². The zero-order chi connectivity index (χ0) is 15.3. The minimum atomic E-state index is -3.36. The third kappa shape index (κ3) is 4.45. The van der Waals surface area contributed by atoms with Crippen LogP contribution in [0.1, 0.15) is 38.2 Å². The van der Waals surface area contributed by atoms with E-state index >= 15 is 0 Å². The molecule has 0 atom stereocenters. The highest BCUT2D eigenvalue weighted by Gasteiger charge is 2.37. The maximum atomic E-state index is 12.3. The van der Waals surface area contributed by atoms with Crippen LogP contribution in [0.4, 0.5) is 0 Å². The Morgan fingerprint density at radius 3 is 2.76 bits per heavy atom. The van der Waals surface area contributed by atoms with Crippen molar-refractivity contribution in [2.75, 3.05) is 19.3 Å². The first kappa shape index (κ1) is 17.3. The van der Waals surface area contributed by atoms with E-state index in [0.29, 0.717) is 10.8 Å². The standard InChI is InChI=1S/C14H24N2O2S3/c1-3-7-15-9-12-8-13(20-10-12)21(17,18)16-11-14(19-2)5-4-6-14/h8,10,15-16H,3-7,9,11H2,1-2H3. The van der Waals surface area contributed by atoms with Gasteiger partial charge in [0.2, 0.25) is 10.0 Å². The molecule has 0 aromatic carbocycles. The Labute approximate surface area is 136 Å². The first-order valence-corrected chi connectivity index (χ1v) is 10.9. The molecule has 1 fully saturated rings. The van der Waals surface area contributed by atoms with Crippen molar-refractivity contribution < 1.29 is 8.42 Å². The largest absolute Gasteiger partial charge is 0.313 e. The lowest BCUT2D eigenvalue weighted by molar-refractivity contribution is 0.362. The van der Waals surface area contributed by atoms with Gasteiger partial charge in [-0.05, 0) is 49.1 Å². The van der Waals surface area contributed by atoms with Gasteiger partial charge in [-0.25, -0.2) is 13.1 Å². The predicted octanol–water partition coefficient (Wildman–Crippen LogP) is 2.81. The molecule has 2 N–H and O–H groups in total. The van der Waals surface area contributed by atoms with Gasteiger partial charge in [0, 0.05) is 17.8 Å². The van der Waals surface area contributed by atoms with Crippen LogP contribution in [-0.2, 0) is 16.6 Å². The summed E-state index contributed by atoms with van der Waals surface area (Å²) in [4.78, 5) is 0. The highest BCUT2D eigenvalue weighted by atomic mass is 32.2. The lowest BCUT2D eigenvalue weighted by Gasteiger charge is -2.40. The molecule has 0 radical (unpaired) electrons. The Kier molecular flexibility index (Phi) is 6.14. The van der Waals surface area contributed by atoms with Gasteiger partial charge in [0.1, 0.15) is 4.21 Å². The smallest absolute Gasteiger partial charge is 0.250 e. The molecule has 0 bridgehead atoms. The van der Waals surface area contributed by atoms with Gasteiger partial charge in [0.25, 0.3) is 0 Å². The van der Waals surface area contributed by atoms with Gasteiger partial charge in [0.05, 0.1) is 0 Å². The summed E-state index contributed by atoms with van der Waals surface area (Å²) in [7, 11) is -3.36. The van der Waals surface area contributed by atoms with Crippen molar-refractivity contribution in [3.63, 3.8) is 0 Å². The molecule has 1 aromatic heterocycles. The normalized spacial score (nSPS) is 17.6. The average molecular weight is 349 g/mol. The predicted molar refractivity (Wildman–Crippen MR) is 91.6 cm³/mol. The molecule has 1 saturated carbocycles. The monoisotopic (exact) mass is 348 g/mol. The zero-order valence-corrected chi connectivity index (χ0v) is 15.1. The molecule has 120 valence electrons. The quantitative estimate of drug-likeness (QED) is 0.674. The number of sulfonamides is 1. The van der Waals surface area contributed by atoms with Crippen LogP contribution < -0.4 is 10.0 Å². The van der Waals surface area contributed by atoms with Gasteiger partial charge in [-0.1, -0.05) is 13.3 Å². The summed E-state index contributed by atoms with van der Waals surface area (Å²) in [6.07, 6.45) is 6.55. The Bertz CT molecular complexity index is 545. The van der Waals surface area contributed by atoms with E-state index in [0.717, 1.165) is 37.9 Å². The first-order valence-electron chi connectivity index (χ1n) is 7.34. The lowest BCUT2D eigenvalue weighted by atomic mass is 9.84. The van der Waals surface area contributed by atoms with Crippen LogP contribution in [0.5, 0.6) is 0 Å². The highest BCUT2D eigenvalue weighted by molar-refractivity contribution is 8.00. The fraction of sp³-hybridized carbons (Fsp3) is 0.714. The van der Waals surface area contributed by atoms with Crippen molar-refractivity contribution in [2.24, 2.45) is 0 Å². The van der Waals surface area contributed by atoms with E-state index in [2.05, 4.69) is 23.2 Å². The highest BCUT2D eigenvalue weighted by Crippen LogP contribution is 2.42. The molecule has 1 aromatic rings. The molecule has 7 heteroatoms. The molecular weight excluding hydrogens is 324 g/mol. The average Bonchev–Trinajstić information content (AvgIpc) is 2.88. The maximum Gasteiger partial charge on any atom is 0.250 e. The van der Waals surface area contributed by atoms with E-state index in [9.17, 15) is 8.42 Å². The summed E-state index contributed by atoms with van der Waals surface area (Å²) in [5.74, 6) is 0. The van der Waals surface area contributed by atoms with Gasteiger partial charge in [0.15, 0.2) is 0 Å². The van der Waals surface area contributed by atoms with Gasteiger partial charge >= 0.3 is 0 Å². The van der Waals surface area contributed by atoms with Crippen LogP contribution >= 0.6 is 23.1 Å². The molecular formula is C14H24N2O2S3. The Balaban J connectivity index is 1.93. The molecule has 0 spiro atoms. The molecule has 1 aliphatic carbocycles. The number of rotatable bonds is 9. The van der Waals surface area contributed by atoms with Crippen LogP contribution in [0.25, 0.3) is 0 Å². The van der Waals surface area contributed by atoms with Crippen molar-refractivity contribution in [1.82, 2.24) is 10.0 Å². The summed E-state index contributed by atoms with van der Waals surface area (Å²) >= 11 is 3.08. The third-order valence-electron chi connectivity index (χ3n) is 3.93. The van der Waals surface area contributed by atoms with E-state index in [1.54, 1.807) is 17.8 Å². The summed E-state index contributed by atoms with van der Waals surface area (Å²) in [6.45, 7) is 4.33. The Morgan fingerprint density at radius 2 is 2.19 bits per heavy atom. The van der Waals surface area contributed by atoms with Crippen molar-refractivity contribution in [2.45, 2.75) is 48.1 Å². The molecule has 1 heterocycles. The van der Waals surface area contributed by atoms with Crippen molar-refractivity contribution in [3.05, 3.63) is 17.0 Å². The molecule has 0 unspecified atom stereocenters. The lowest BCUT2D eigenvalue weighted by Crippen LogP contribution is -2.45. The van der Waals surface area contributed by atoms with E-state index in [1.807, 2.05) is 5.38 Å². The van der Waals surface area contributed by atoms with Gasteiger partial charge in [-0.3, -0.25) is 0 Å². The fourth-order valence-corrected chi connectivity index (χ4v) is 5.70. The number of hydrogen-bond acceptors (Lipinski definition) is 5. The van der Waals surface area contributed by atoms with Gasteiger partial charge < -0.3 is 5.32 Å². The fourth-order valence-electron chi connectivity index (χ4n) is 2.32. The molecule has 0 aliphatic heterocycles. The van der Waals surface area contributed by atoms with Gasteiger partial charge in [-0.15, -0.1) is 11.3 Å². The summed E-state index contributed by atoms with van der Waals surface area (Å²) < 4.78 is 28.0. The third-order valence-corrected chi connectivity index (χ3v) is 8.24. The summed E-state index contributed by atoms with van der Waals surface area (Å²) in [6, 6.07) is 1.78. The molecule has 21 heavy (non-hydrogen) atoms. The van der Waals surface area contributed by atoms with E-state index < -0.39 is 10.0 Å². The molecule has 1 aliphatic rings. The van der Waals surface area contributed by atoms with Crippen LogP contribution in [-0.4, -0.2) is 32.5 Å². The van der Waals surface area contributed by atoms with E-state index in [-0.39, 0.29) is 4.75 Å². The maximum absolute atomic E-state index is 12.3. The minimum absolute atomic E-state index is 0.121. The second-order valence-corrected chi connectivity index (χ2v) is 9.70. The number of thiophene rings is 1. The van der Waals surface area contributed by atoms with Crippen molar-refractivity contribution in [3.8, 4) is 0 Å². The molecule has 0 saturated heterocycles. The van der Waals surface area contributed by atoms with Crippen LogP contribution in [0.2, 0.25) is 0 Å². The molecule has 4 nitrogen and oxygen atoms in total. The number of thioether (sulfide) groups is 1. The van der Waals surface area contributed by atoms with Gasteiger partial charge in [-0.2, -0.15) is 11.8 Å². The van der Waals surface area contributed by atoms with E-state index in [1.165, 1.54) is 17.8 Å². The number of nitrogens with one attached hydrogen (secondary N) is 2. The zero-order valence-electron chi connectivity index (χ0n) is 12.6. The van der Waals surface area contributed by atoms with Crippen LogP contribution in [0.3, 0.4) is 0 Å². The topological polar surface area (TPSA) is 58.2 Å². The minimum Gasteiger partial charge on any atom is -0.313 e. The summed E-state index contributed by atoms with van der Waals surface area (Å²) in [5.41, 5.74) is 1.04. The number of hydrogen-bond donors (Lipinski definition) is 2. The second kappa shape index (κ2) is 7.46. The molecule has 0 amide bonds. The second-order valence-electron chi connectivity index (χ2n) is 5.52. The Hall–Kier alpha value is -0.0800. The Morgan fingerprint density at radius 1 is 1.43 bits per heavy atom. The van der Waals surface area contributed by atoms with E-state index in [4.69, 9.17) is 0 Å². The first-order chi connectivity index (χ1) is 10.0.